The average molecular weight is 377 g/mol. The number of guanidine groups is 2. The highest BCUT2D eigenvalue weighted by atomic mass is 16.1. The molecule has 1 aliphatic carbocycles. The minimum atomic E-state index is -0.478. The topological polar surface area (TPSA) is 122 Å². The van der Waals surface area contributed by atoms with Gasteiger partial charge in [-0.15, -0.1) is 0 Å². The van der Waals surface area contributed by atoms with Crippen molar-refractivity contribution in [3.8, 4) is 0 Å². The number of carbonyl (C=O) groups excluding carboxylic acids is 1. The van der Waals surface area contributed by atoms with Crippen LogP contribution in [0.25, 0.3) is 0 Å². The van der Waals surface area contributed by atoms with Crippen LogP contribution in [0.4, 0.5) is 11.4 Å². The predicted molar refractivity (Wildman–Crippen MR) is 110 cm³/mol. The van der Waals surface area contributed by atoms with Gasteiger partial charge in [0.2, 0.25) is 11.9 Å². The van der Waals surface area contributed by atoms with Crippen LogP contribution in [0.3, 0.4) is 0 Å². The van der Waals surface area contributed by atoms with E-state index in [0.717, 1.165) is 31.4 Å². The molecular formula is C20H23N7O. The Kier molecular flexibility index (Phi) is 4.68. The second-order valence-electron chi connectivity index (χ2n) is 7.06. The number of nitrogens with zero attached hydrogens (tertiary/aromatic N) is 4. The number of hydrogen-bond donors (Lipinski definition) is 3. The van der Waals surface area contributed by atoms with Gasteiger partial charge in [0.15, 0.2) is 0 Å². The normalized spacial score (nSPS) is 18.4. The highest BCUT2D eigenvalue weighted by molar-refractivity contribution is 6.06. The zero-order valence-corrected chi connectivity index (χ0v) is 15.5. The average Bonchev–Trinajstić information content (AvgIpc) is 2.70. The second-order valence-corrected chi connectivity index (χ2v) is 7.06. The van der Waals surface area contributed by atoms with E-state index < -0.39 is 5.66 Å². The first kappa shape index (κ1) is 18.0. The third-order valence-electron chi connectivity index (χ3n) is 5.16. The number of anilines is 2. The van der Waals surface area contributed by atoms with Gasteiger partial charge >= 0.3 is 0 Å². The monoisotopic (exact) mass is 377 g/mol. The number of amides is 1. The van der Waals surface area contributed by atoms with Crippen LogP contribution in [0, 0.1) is 0 Å². The van der Waals surface area contributed by atoms with Crippen molar-refractivity contribution in [2.75, 3.05) is 10.2 Å². The summed E-state index contributed by atoms with van der Waals surface area (Å²) >= 11 is 0. The lowest BCUT2D eigenvalue weighted by Crippen LogP contribution is -2.58. The molecule has 0 atom stereocenters. The molecule has 0 bridgehead atoms. The van der Waals surface area contributed by atoms with Gasteiger partial charge in [-0.05, 0) is 62.1 Å². The third kappa shape index (κ3) is 3.40. The molecule has 0 unspecified atom stereocenters. The van der Waals surface area contributed by atoms with Crippen molar-refractivity contribution < 1.29 is 4.79 Å². The summed E-state index contributed by atoms with van der Waals surface area (Å²) < 4.78 is 0. The van der Waals surface area contributed by atoms with Crippen molar-refractivity contribution in [2.24, 2.45) is 21.5 Å². The summed E-state index contributed by atoms with van der Waals surface area (Å²) in [6, 6.07) is 11.0. The Hall–Kier alpha value is -3.42. The van der Waals surface area contributed by atoms with Crippen LogP contribution in [0.15, 0.2) is 58.8 Å². The number of carbonyl (C=O) groups is 1. The first-order valence-corrected chi connectivity index (χ1v) is 9.39. The maximum Gasteiger partial charge on any atom is 0.257 e. The Morgan fingerprint density at radius 2 is 1.82 bits per heavy atom. The van der Waals surface area contributed by atoms with Crippen molar-refractivity contribution in [3.63, 3.8) is 0 Å². The van der Waals surface area contributed by atoms with Gasteiger partial charge in [-0.2, -0.15) is 4.99 Å². The number of nitrogens with two attached hydrogens (primary N) is 2. The van der Waals surface area contributed by atoms with E-state index in [9.17, 15) is 4.79 Å². The molecule has 1 aromatic carbocycles. The van der Waals surface area contributed by atoms with Gasteiger partial charge in [0.05, 0.1) is 5.56 Å². The predicted octanol–water partition coefficient (Wildman–Crippen LogP) is 2.44. The summed E-state index contributed by atoms with van der Waals surface area (Å²) in [5.74, 6) is 0.374. The summed E-state index contributed by atoms with van der Waals surface area (Å²) in [6.45, 7) is 0. The Morgan fingerprint density at radius 1 is 1.07 bits per heavy atom. The lowest BCUT2D eigenvalue weighted by atomic mass is 9.87. The molecule has 1 saturated carbocycles. The van der Waals surface area contributed by atoms with Crippen molar-refractivity contribution in [3.05, 3.63) is 54.4 Å². The molecule has 8 heteroatoms. The standard InChI is InChI=1S/C20H23N7O/c21-18-25-19(22)27(20(26-18)10-2-1-3-11-20)16-8-6-15(7-9-16)24-17(28)14-5-4-12-23-13-14/h4-9,12-13H,1-3,10-11H2,(H,24,28)(H4,21,22,25,26). The Balaban J connectivity index is 1.57. The third-order valence-corrected chi connectivity index (χ3v) is 5.16. The van der Waals surface area contributed by atoms with Crippen molar-refractivity contribution >= 4 is 29.2 Å². The Bertz CT molecular complexity index is 915. The maximum atomic E-state index is 12.3. The minimum absolute atomic E-state index is 0.207. The summed E-state index contributed by atoms with van der Waals surface area (Å²) in [7, 11) is 0. The van der Waals surface area contributed by atoms with Gasteiger partial charge in [-0.3, -0.25) is 14.7 Å². The van der Waals surface area contributed by atoms with Crippen LogP contribution >= 0.6 is 0 Å². The smallest absolute Gasteiger partial charge is 0.257 e. The van der Waals surface area contributed by atoms with E-state index in [-0.39, 0.29) is 11.9 Å². The van der Waals surface area contributed by atoms with Gasteiger partial charge in [0.1, 0.15) is 5.66 Å². The lowest BCUT2D eigenvalue weighted by molar-refractivity contribution is 0.102. The fraction of sp³-hybridized carbons (Fsp3) is 0.300. The van der Waals surface area contributed by atoms with Gasteiger partial charge in [0, 0.05) is 23.8 Å². The molecular weight excluding hydrogens is 354 g/mol. The largest absolute Gasteiger partial charge is 0.369 e. The van der Waals surface area contributed by atoms with Crippen LogP contribution in [0.2, 0.25) is 0 Å². The second kappa shape index (κ2) is 7.30. The first-order chi connectivity index (χ1) is 13.6. The number of nitrogens with one attached hydrogen (secondary N) is 1. The molecule has 5 N–H and O–H groups in total. The minimum Gasteiger partial charge on any atom is -0.369 e. The number of hydrogen-bond acceptors (Lipinski definition) is 7. The fourth-order valence-electron chi connectivity index (χ4n) is 3.89. The first-order valence-electron chi connectivity index (χ1n) is 9.39. The van der Waals surface area contributed by atoms with Crippen LogP contribution in [0.1, 0.15) is 42.5 Å². The molecule has 0 saturated heterocycles. The number of aromatic nitrogens is 1. The van der Waals surface area contributed by atoms with Crippen LogP contribution in [-0.2, 0) is 0 Å². The van der Waals surface area contributed by atoms with Gasteiger partial charge in [-0.25, -0.2) is 4.99 Å². The number of pyridine rings is 1. The molecule has 1 spiro atoms. The highest BCUT2D eigenvalue weighted by Crippen LogP contribution is 2.39. The molecule has 2 heterocycles. The summed E-state index contributed by atoms with van der Waals surface area (Å²) in [6.07, 6.45) is 8.24. The number of benzene rings is 1. The summed E-state index contributed by atoms with van der Waals surface area (Å²) in [4.78, 5) is 27.1. The Morgan fingerprint density at radius 3 is 2.50 bits per heavy atom. The Labute approximate surface area is 163 Å². The highest BCUT2D eigenvalue weighted by Gasteiger charge is 2.42. The van der Waals surface area contributed by atoms with Crippen LogP contribution in [0.5, 0.6) is 0 Å². The maximum absolute atomic E-state index is 12.3. The number of aliphatic imine (C=N–C) groups is 2. The van der Waals surface area contributed by atoms with Crippen molar-refractivity contribution in [2.45, 2.75) is 37.8 Å². The van der Waals surface area contributed by atoms with Crippen LogP contribution in [-0.4, -0.2) is 28.5 Å². The van der Waals surface area contributed by atoms with E-state index in [4.69, 9.17) is 11.5 Å². The van der Waals surface area contributed by atoms with Crippen molar-refractivity contribution in [1.29, 1.82) is 0 Å². The van der Waals surface area contributed by atoms with Gasteiger partial charge in [-0.1, -0.05) is 6.42 Å². The quantitative estimate of drug-likeness (QED) is 0.758. The molecule has 1 aliphatic heterocycles. The van der Waals surface area contributed by atoms with E-state index in [1.54, 1.807) is 18.3 Å². The molecule has 0 radical (unpaired) electrons. The van der Waals surface area contributed by atoms with Gasteiger partial charge < -0.3 is 16.8 Å². The fourth-order valence-corrected chi connectivity index (χ4v) is 3.89. The summed E-state index contributed by atoms with van der Waals surface area (Å²) in [5, 5.41) is 2.87. The molecule has 144 valence electrons. The van der Waals surface area contributed by atoms with E-state index >= 15 is 0 Å². The number of rotatable bonds is 3. The van der Waals surface area contributed by atoms with Gasteiger partial charge in [0.25, 0.3) is 5.91 Å². The molecule has 1 amide bonds. The summed E-state index contributed by atoms with van der Waals surface area (Å²) in [5.41, 5.74) is 13.7. The van der Waals surface area contributed by atoms with E-state index in [1.165, 1.54) is 12.6 Å². The molecule has 28 heavy (non-hydrogen) atoms. The molecule has 1 aromatic heterocycles. The molecule has 2 aliphatic rings. The zero-order valence-electron chi connectivity index (χ0n) is 15.5. The van der Waals surface area contributed by atoms with E-state index in [1.807, 2.05) is 29.2 Å². The van der Waals surface area contributed by atoms with E-state index in [2.05, 4.69) is 20.3 Å². The lowest BCUT2D eigenvalue weighted by Gasteiger charge is -2.45. The van der Waals surface area contributed by atoms with Crippen molar-refractivity contribution in [1.82, 2.24) is 4.98 Å². The van der Waals surface area contributed by atoms with E-state index in [0.29, 0.717) is 17.2 Å². The zero-order chi connectivity index (χ0) is 19.6. The molecule has 1 fully saturated rings. The molecule has 2 aromatic rings. The SMILES string of the molecule is NC1=NC2(CCCCC2)N(c2ccc(NC(=O)c3cccnc3)cc2)C(N)=N1. The molecule has 8 nitrogen and oxygen atoms in total. The van der Waals surface area contributed by atoms with Crippen LogP contribution < -0.4 is 21.7 Å². The molecule has 4 rings (SSSR count).